The lowest BCUT2D eigenvalue weighted by Gasteiger charge is -2.17. The van der Waals surface area contributed by atoms with Crippen LogP contribution >= 0.6 is 0 Å². The van der Waals surface area contributed by atoms with Gasteiger partial charge in [-0.05, 0) is 89.5 Å². The van der Waals surface area contributed by atoms with Gasteiger partial charge in [-0.25, -0.2) is 0 Å². The van der Waals surface area contributed by atoms with Crippen molar-refractivity contribution >= 4 is 43.6 Å². The number of nitriles is 3. The zero-order chi connectivity index (χ0) is 33.8. The minimum Gasteiger partial charge on any atom is -0.309 e. The summed E-state index contributed by atoms with van der Waals surface area (Å²) in [5.41, 5.74) is 11.0. The van der Waals surface area contributed by atoms with E-state index in [1.807, 2.05) is 72.8 Å². The van der Waals surface area contributed by atoms with E-state index in [2.05, 4.69) is 106 Å². The first-order valence-corrected chi connectivity index (χ1v) is 16.3. The van der Waals surface area contributed by atoms with Gasteiger partial charge in [0.2, 0.25) is 0 Å². The molecular weight excluding hydrogens is 611 g/mol. The van der Waals surface area contributed by atoms with E-state index in [9.17, 15) is 15.8 Å². The van der Waals surface area contributed by atoms with Crippen LogP contribution in [0.1, 0.15) is 16.7 Å². The zero-order valence-electron chi connectivity index (χ0n) is 26.7. The molecule has 230 valence electrons. The van der Waals surface area contributed by atoms with Crippen LogP contribution in [0, 0.1) is 34.0 Å². The molecule has 0 atom stereocenters. The fourth-order valence-electron chi connectivity index (χ4n) is 7.43. The zero-order valence-corrected chi connectivity index (χ0v) is 26.7. The van der Waals surface area contributed by atoms with Gasteiger partial charge in [0.05, 0.1) is 56.6 Å². The molecule has 0 saturated carbocycles. The number of nitrogens with zero attached hydrogens (tertiary/aromatic N) is 5. The SMILES string of the molecule is N#Cc1cc(-c2cccc(-n3c4ccccc4c4ccccc43)c2)cc(-c2cccc(C#N)c2-n2c3ccccc3c3cc(C#N)ccc32)c1. The monoisotopic (exact) mass is 635 g/mol. The van der Waals surface area contributed by atoms with E-state index in [1.165, 1.54) is 10.8 Å². The molecule has 0 aliphatic carbocycles. The number of para-hydroxylation sites is 4. The van der Waals surface area contributed by atoms with Gasteiger partial charge in [-0.3, -0.25) is 0 Å². The number of fused-ring (bicyclic) bond motifs is 6. The van der Waals surface area contributed by atoms with Crippen LogP contribution in [-0.4, -0.2) is 9.13 Å². The van der Waals surface area contributed by atoms with Crippen molar-refractivity contribution in [3.63, 3.8) is 0 Å². The largest absolute Gasteiger partial charge is 0.309 e. The number of rotatable bonds is 4. The molecule has 0 saturated heterocycles. The second kappa shape index (κ2) is 11.4. The van der Waals surface area contributed by atoms with Crippen LogP contribution in [0.4, 0.5) is 0 Å². The molecule has 0 N–H and O–H groups in total. The molecule has 9 aromatic rings. The van der Waals surface area contributed by atoms with Gasteiger partial charge >= 0.3 is 0 Å². The third-order valence-corrected chi connectivity index (χ3v) is 9.57. The quantitative estimate of drug-likeness (QED) is 0.193. The Bertz CT molecular complexity index is 2920. The highest BCUT2D eigenvalue weighted by Crippen LogP contribution is 2.40. The van der Waals surface area contributed by atoms with Crippen molar-refractivity contribution in [1.82, 2.24) is 9.13 Å². The van der Waals surface area contributed by atoms with E-state index >= 15 is 0 Å². The summed E-state index contributed by atoms with van der Waals surface area (Å²) >= 11 is 0. The summed E-state index contributed by atoms with van der Waals surface area (Å²) in [6.45, 7) is 0. The van der Waals surface area contributed by atoms with Crippen molar-refractivity contribution < 1.29 is 0 Å². The topological polar surface area (TPSA) is 81.2 Å². The summed E-state index contributed by atoms with van der Waals surface area (Å²) in [4.78, 5) is 0. The first-order chi connectivity index (χ1) is 24.7. The lowest BCUT2D eigenvalue weighted by molar-refractivity contribution is 1.17. The Morgan fingerprint density at radius 1 is 0.380 bits per heavy atom. The second-order valence-corrected chi connectivity index (χ2v) is 12.3. The molecule has 0 amide bonds. The molecule has 0 radical (unpaired) electrons. The smallest absolute Gasteiger partial charge is 0.101 e. The van der Waals surface area contributed by atoms with Crippen molar-refractivity contribution in [1.29, 1.82) is 15.8 Å². The minimum absolute atomic E-state index is 0.506. The molecule has 0 spiro atoms. The summed E-state index contributed by atoms with van der Waals surface area (Å²) in [7, 11) is 0. The van der Waals surface area contributed by atoms with Crippen molar-refractivity contribution in [3.8, 4) is 51.8 Å². The molecule has 0 bridgehead atoms. The maximum atomic E-state index is 10.5. The van der Waals surface area contributed by atoms with E-state index < -0.39 is 0 Å². The molecule has 5 heteroatoms. The van der Waals surface area contributed by atoms with Gasteiger partial charge in [0.25, 0.3) is 0 Å². The predicted octanol–water partition coefficient (Wildman–Crippen LogP) is 10.8. The Morgan fingerprint density at radius 3 is 1.66 bits per heavy atom. The summed E-state index contributed by atoms with van der Waals surface area (Å²) in [6, 6.07) is 57.8. The van der Waals surface area contributed by atoms with Gasteiger partial charge in [-0.1, -0.05) is 78.9 Å². The highest BCUT2D eigenvalue weighted by Gasteiger charge is 2.20. The van der Waals surface area contributed by atoms with Crippen molar-refractivity contribution in [2.24, 2.45) is 0 Å². The number of benzene rings is 7. The predicted molar refractivity (Wildman–Crippen MR) is 200 cm³/mol. The fraction of sp³-hybridized carbons (Fsp3) is 0. The Balaban J connectivity index is 1.27. The Morgan fingerprint density at radius 2 is 0.980 bits per heavy atom. The van der Waals surface area contributed by atoms with Gasteiger partial charge in [-0.2, -0.15) is 15.8 Å². The van der Waals surface area contributed by atoms with Crippen molar-refractivity contribution in [2.75, 3.05) is 0 Å². The van der Waals surface area contributed by atoms with E-state index in [-0.39, 0.29) is 0 Å². The number of aromatic nitrogens is 2. The van der Waals surface area contributed by atoms with E-state index in [4.69, 9.17) is 0 Å². The summed E-state index contributed by atoms with van der Waals surface area (Å²) in [5.74, 6) is 0. The molecule has 2 heterocycles. The number of hydrogen-bond acceptors (Lipinski definition) is 3. The molecule has 5 nitrogen and oxygen atoms in total. The standard InChI is InChI=1S/C45H25N5/c46-26-29-19-20-44-40(23-29)39-14-3-6-18-43(39)50(44)45-32(28-48)10-8-15-36(45)34-22-30(27-47)21-33(24-34)31-9-7-11-35(25-31)49-41-16-4-1-12-37(41)38-13-2-5-17-42(38)49/h1-25H. The van der Waals surface area contributed by atoms with Crippen molar-refractivity contribution in [2.45, 2.75) is 0 Å². The van der Waals surface area contributed by atoms with E-state index in [1.54, 1.807) is 0 Å². The Hall–Kier alpha value is -7.39. The Kier molecular flexibility index (Phi) is 6.56. The van der Waals surface area contributed by atoms with Crippen LogP contribution in [0.15, 0.2) is 152 Å². The highest BCUT2D eigenvalue weighted by atomic mass is 15.0. The molecule has 0 unspecified atom stereocenters. The third-order valence-electron chi connectivity index (χ3n) is 9.57. The molecule has 50 heavy (non-hydrogen) atoms. The normalized spacial score (nSPS) is 11.1. The van der Waals surface area contributed by atoms with Gasteiger partial charge < -0.3 is 9.13 Å². The second-order valence-electron chi connectivity index (χ2n) is 12.3. The fourth-order valence-corrected chi connectivity index (χ4v) is 7.43. The molecule has 0 fully saturated rings. The van der Waals surface area contributed by atoms with Crippen LogP contribution in [-0.2, 0) is 0 Å². The van der Waals surface area contributed by atoms with Crippen LogP contribution < -0.4 is 0 Å². The van der Waals surface area contributed by atoms with Crippen LogP contribution in [0.25, 0.3) is 77.2 Å². The first-order valence-electron chi connectivity index (χ1n) is 16.3. The maximum Gasteiger partial charge on any atom is 0.101 e. The summed E-state index contributed by atoms with van der Waals surface area (Å²) < 4.78 is 4.40. The third kappa shape index (κ3) is 4.38. The van der Waals surface area contributed by atoms with Gasteiger partial charge in [0.15, 0.2) is 0 Å². The van der Waals surface area contributed by atoms with Crippen LogP contribution in [0.5, 0.6) is 0 Å². The minimum atomic E-state index is 0.506. The van der Waals surface area contributed by atoms with E-state index in [0.29, 0.717) is 16.7 Å². The molecular formula is C45H25N5. The van der Waals surface area contributed by atoms with Gasteiger partial charge in [-0.15, -0.1) is 0 Å². The van der Waals surface area contributed by atoms with Crippen LogP contribution in [0.2, 0.25) is 0 Å². The van der Waals surface area contributed by atoms with Gasteiger partial charge in [0, 0.05) is 32.8 Å². The molecule has 2 aromatic heterocycles. The molecule has 0 aliphatic rings. The maximum absolute atomic E-state index is 10.5. The summed E-state index contributed by atoms with van der Waals surface area (Å²) in [5, 5.41) is 34.7. The first kappa shape index (κ1) is 28.8. The van der Waals surface area contributed by atoms with Crippen LogP contribution in [0.3, 0.4) is 0 Å². The van der Waals surface area contributed by atoms with Gasteiger partial charge in [0.1, 0.15) is 6.07 Å². The van der Waals surface area contributed by atoms with E-state index in [0.717, 1.165) is 66.5 Å². The molecule has 7 aromatic carbocycles. The molecule has 9 rings (SSSR count). The Labute approximate surface area is 287 Å². The lowest BCUT2D eigenvalue weighted by atomic mass is 9.94. The number of hydrogen-bond donors (Lipinski definition) is 0. The lowest BCUT2D eigenvalue weighted by Crippen LogP contribution is -2.01. The average molecular weight is 636 g/mol. The highest BCUT2D eigenvalue weighted by molar-refractivity contribution is 6.11. The molecule has 0 aliphatic heterocycles. The van der Waals surface area contributed by atoms with Crippen molar-refractivity contribution in [3.05, 3.63) is 168 Å². The average Bonchev–Trinajstić information content (AvgIpc) is 3.70. The summed E-state index contributed by atoms with van der Waals surface area (Å²) in [6.07, 6.45) is 0.